The van der Waals surface area contributed by atoms with Crippen LogP contribution in [0.1, 0.15) is 0 Å². The number of nitrogens with zero attached hydrogens (tertiary/aromatic N) is 6. The Balaban J connectivity index is 1.10. The van der Waals surface area contributed by atoms with Crippen LogP contribution in [0.25, 0.3) is 0 Å². The van der Waals surface area contributed by atoms with Crippen LogP contribution in [-0.4, -0.2) is 133 Å². The molecule has 0 radical (unpaired) electrons. The van der Waals surface area contributed by atoms with Crippen molar-refractivity contribution in [3.8, 4) is 0 Å². The standard InChI is InChI=1S/C26H36N6O4/c1-27-5-9-29(10-6-27)13-31-23(33)19-15-3-4-16(20(19)24(31)34)18-17(15)21-22(18)26(36)32(25(21)35)14-30-11-7-28(2)8-12-30/h3-4,15-22H,5-14H2,1-2H3/t15-,16+,17-,18+,19-,20-,21+,22-/m0/s1. The first-order valence-corrected chi connectivity index (χ1v) is 13.6. The molecule has 0 N–H and O–H groups in total. The van der Waals surface area contributed by atoms with Crippen LogP contribution in [0, 0.1) is 47.3 Å². The first-order chi connectivity index (χ1) is 17.3. The van der Waals surface area contributed by atoms with E-state index < -0.39 is 0 Å². The number of likely N-dealkylation sites (tertiary alicyclic amines) is 2. The number of rotatable bonds is 4. The van der Waals surface area contributed by atoms with Crippen LogP contribution in [0.3, 0.4) is 0 Å². The van der Waals surface area contributed by atoms with E-state index in [9.17, 15) is 19.2 Å². The minimum atomic E-state index is -0.378. The molecule has 194 valence electrons. The number of amides is 4. The summed E-state index contributed by atoms with van der Waals surface area (Å²) in [6.45, 7) is 7.82. The lowest BCUT2D eigenvalue weighted by Crippen LogP contribution is -2.63. The van der Waals surface area contributed by atoms with Gasteiger partial charge in [-0.2, -0.15) is 0 Å². The molecular weight excluding hydrogens is 460 g/mol. The van der Waals surface area contributed by atoms with Crippen molar-refractivity contribution in [1.29, 1.82) is 0 Å². The molecule has 2 saturated carbocycles. The molecule has 0 aromatic carbocycles. The summed E-state index contributed by atoms with van der Waals surface area (Å²) in [4.78, 5) is 66.1. The molecule has 8 aliphatic rings. The van der Waals surface area contributed by atoms with Gasteiger partial charge < -0.3 is 9.80 Å². The molecule has 6 fully saturated rings. The van der Waals surface area contributed by atoms with E-state index in [1.54, 1.807) is 0 Å². The Morgan fingerprint density at radius 1 is 0.556 bits per heavy atom. The Hall–Kier alpha value is -2.14. The van der Waals surface area contributed by atoms with Crippen molar-refractivity contribution in [1.82, 2.24) is 29.4 Å². The van der Waals surface area contributed by atoms with Gasteiger partial charge in [-0.05, 0) is 37.8 Å². The van der Waals surface area contributed by atoms with Gasteiger partial charge in [0.15, 0.2) is 0 Å². The molecule has 8 atom stereocenters. The highest BCUT2D eigenvalue weighted by molar-refractivity contribution is 6.09. The minimum Gasteiger partial charge on any atom is -0.304 e. The number of carbonyl (C=O) groups is 4. The Kier molecular flexibility index (Phi) is 5.23. The van der Waals surface area contributed by atoms with Gasteiger partial charge in [-0.25, -0.2) is 0 Å². The van der Waals surface area contributed by atoms with Gasteiger partial charge in [0.05, 0.1) is 37.0 Å². The van der Waals surface area contributed by atoms with Crippen molar-refractivity contribution < 1.29 is 19.2 Å². The van der Waals surface area contributed by atoms with E-state index in [1.165, 1.54) is 9.80 Å². The molecule has 4 saturated heterocycles. The SMILES string of the molecule is CN1CCN(CN2C(=O)[C@H]3[C@H]4C=C[C@@H]([C@@H]3C2=O)[C@H]2[C@@H]3C(=O)N(CN5CCN(C)CC5)C(=O)[C@@H]3[C@@H]42)CC1. The van der Waals surface area contributed by atoms with Gasteiger partial charge in [0.25, 0.3) is 0 Å². The number of fused-ring (bicyclic) bond motifs is 1. The summed E-state index contributed by atoms with van der Waals surface area (Å²) < 4.78 is 0. The third-order valence-corrected chi connectivity index (χ3v) is 10.4. The smallest absolute Gasteiger partial charge is 0.234 e. The summed E-state index contributed by atoms with van der Waals surface area (Å²) >= 11 is 0. The summed E-state index contributed by atoms with van der Waals surface area (Å²) in [5, 5.41) is 0. The third-order valence-electron chi connectivity index (χ3n) is 10.4. The highest BCUT2D eigenvalue weighted by Gasteiger charge is 2.75. The lowest BCUT2D eigenvalue weighted by atomic mass is 9.40. The zero-order chi connectivity index (χ0) is 24.9. The van der Waals surface area contributed by atoms with Crippen molar-refractivity contribution in [3.05, 3.63) is 12.2 Å². The van der Waals surface area contributed by atoms with Crippen LogP contribution >= 0.6 is 0 Å². The van der Waals surface area contributed by atoms with Gasteiger partial charge in [0.1, 0.15) is 0 Å². The first kappa shape index (κ1) is 23.0. The normalized spacial score (nSPS) is 43.3. The molecule has 4 aliphatic heterocycles. The van der Waals surface area contributed by atoms with Gasteiger partial charge in [-0.15, -0.1) is 0 Å². The predicted octanol–water partition coefficient (Wildman–Crippen LogP) is -1.34. The zero-order valence-corrected chi connectivity index (χ0v) is 21.2. The fourth-order valence-electron chi connectivity index (χ4n) is 8.38. The third kappa shape index (κ3) is 3.10. The van der Waals surface area contributed by atoms with E-state index in [0.717, 1.165) is 52.4 Å². The van der Waals surface area contributed by atoms with E-state index in [2.05, 4.69) is 45.8 Å². The Bertz CT molecular complexity index is 975. The van der Waals surface area contributed by atoms with E-state index in [4.69, 9.17) is 0 Å². The first-order valence-electron chi connectivity index (χ1n) is 13.6. The fourth-order valence-corrected chi connectivity index (χ4v) is 8.38. The molecule has 4 aliphatic carbocycles. The van der Waals surface area contributed by atoms with Gasteiger partial charge in [-0.1, -0.05) is 12.2 Å². The number of likely N-dealkylation sites (N-methyl/N-ethyl adjacent to an activating group) is 2. The maximum atomic E-state index is 13.6. The van der Waals surface area contributed by atoms with Crippen molar-refractivity contribution in [2.75, 3.05) is 79.8 Å². The Morgan fingerprint density at radius 3 is 1.25 bits per heavy atom. The second-order valence-electron chi connectivity index (χ2n) is 12.1. The highest BCUT2D eigenvalue weighted by Crippen LogP contribution is 2.68. The van der Waals surface area contributed by atoms with Crippen LogP contribution in [0.15, 0.2) is 12.2 Å². The molecule has 0 spiro atoms. The fraction of sp³-hybridized carbons (Fsp3) is 0.769. The highest BCUT2D eigenvalue weighted by atomic mass is 16.2. The number of imide groups is 2. The molecule has 8 rings (SSSR count). The molecule has 36 heavy (non-hydrogen) atoms. The maximum Gasteiger partial charge on any atom is 0.234 e. The summed E-state index contributed by atoms with van der Waals surface area (Å²) in [6.07, 6.45) is 4.18. The van der Waals surface area contributed by atoms with E-state index in [0.29, 0.717) is 13.3 Å². The van der Waals surface area contributed by atoms with Crippen molar-refractivity contribution in [2.24, 2.45) is 47.3 Å². The van der Waals surface area contributed by atoms with Crippen molar-refractivity contribution in [3.63, 3.8) is 0 Å². The molecular formula is C26H36N6O4. The lowest BCUT2D eigenvalue weighted by Gasteiger charge is -2.60. The van der Waals surface area contributed by atoms with Crippen LogP contribution in [0.4, 0.5) is 0 Å². The molecule has 0 aromatic rings. The van der Waals surface area contributed by atoms with Gasteiger partial charge >= 0.3 is 0 Å². The summed E-state index contributed by atoms with van der Waals surface area (Å²) in [6, 6.07) is 0. The van der Waals surface area contributed by atoms with Gasteiger partial charge in [-0.3, -0.25) is 38.8 Å². The maximum absolute atomic E-state index is 13.6. The molecule has 4 heterocycles. The molecule has 0 unspecified atom stereocenters. The molecule has 10 heteroatoms. The van der Waals surface area contributed by atoms with Crippen LogP contribution < -0.4 is 0 Å². The average molecular weight is 497 g/mol. The van der Waals surface area contributed by atoms with E-state index in [1.807, 2.05) is 0 Å². The quantitative estimate of drug-likeness (QED) is 0.349. The number of allylic oxidation sites excluding steroid dienone is 2. The van der Waals surface area contributed by atoms with Crippen LogP contribution in [0.5, 0.6) is 0 Å². The van der Waals surface area contributed by atoms with E-state index >= 15 is 0 Å². The molecule has 4 amide bonds. The monoisotopic (exact) mass is 496 g/mol. The largest absolute Gasteiger partial charge is 0.304 e. The number of carbonyl (C=O) groups excluding carboxylic acids is 4. The summed E-state index contributed by atoms with van der Waals surface area (Å²) in [5.41, 5.74) is 0. The van der Waals surface area contributed by atoms with Crippen LogP contribution in [0.2, 0.25) is 0 Å². The second kappa shape index (κ2) is 8.18. The van der Waals surface area contributed by atoms with Gasteiger partial charge in [0.2, 0.25) is 23.6 Å². The van der Waals surface area contributed by atoms with Crippen LogP contribution in [-0.2, 0) is 19.2 Å². The molecule has 10 nitrogen and oxygen atoms in total. The topological polar surface area (TPSA) is 87.7 Å². The van der Waals surface area contributed by atoms with Crippen molar-refractivity contribution >= 4 is 23.6 Å². The zero-order valence-electron chi connectivity index (χ0n) is 21.2. The minimum absolute atomic E-state index is 0.000487. The average Bonchev–Trinajstić information content (AvgIpc) is 3.22. The number of hydrogen-bond donors (Lipinski definition) is 0. The number of hydrogen-bond acceptors (Lipinski definition) is 8. The van der Waals surface area contributed by atoms with Gasteiger partial charge in [0, 0.05) is 52.4 Å². The molecule has 0 aromatic heterocycles. The summed E-state index contributed by atoms with van der Waals surface area (Å²) in [5.74, 6) is -1.93. The summed E-state index contributed by atoms with van der Waals surface area (Å²) in [7, 11) is 4.17. The number of piperazine rings is 2. The Morgan fingerprint density at radius 2 is 0.889 bits per heavy atom. The Labute approximate surface area is 211 Å². The van der Waals surface area contributed by atoms with Crippen molar-refractivity contribution in [2.45, 2.75) is 0 Å². The lowest BCUT2D eigenvalue weighted by molar-refractivity contribution is -0.166. The molecule has 2 bridgehead atoms. The second-order valence-corrected chi connectivity index (χ2v) is 12.1. The predicted molar refractivity (Wildman–Crippen MR) is 129 cm³/mol. The van der Waals surface area contributed by atoms with E-state index in [-0.39, 0.29) is 71.0 Å².